The van der Waals surface area contributed by atoms with Crippen molar-refractivity contribution in [1.29, 1.82) is 0 Å². The van der Waals surface area contributed by atoms with Gasteiger partial charge in [0.25, 0.3) is 5.91 Å². The molecule has 0 spiro atoms. The number of hydrogen-bond donors (Lipinski definition) is 2. The van der Waals surface area contributed by atoms with Gasteiger partial charge in [0.1, 0.15) is 11.4 Å². The van der Waals surface area contributed by atoms with Gasteiger partial charge in [0.05, 0.1) is 11.7 Å². The summed E-state index contributed by atoms with van der Waals surface area (Å²) in [4.78, 5) is 15.2. The Morgan fingerprint density at radius 3 is 2.70 bits per heavy atom. The molecule has 3 aliphatic rings. The SMILES string of the molecule is CC1(C)CC(C2CCCCC2)Nc2c(C(=O)NCCN3CCCC3)cnn21. The highest BCUT2D eigenvalue weighted by Crippen LogP contribution is 2.39. The summed E-state index contributed by atoms with van der Waals surface area (Å²) >= 11 is 0. The maximum atomic E-state index is 12.8. The van der Waals surface area contributed by atoms with Gasteiger partial charge in [-0.25, -0.2) is 4.68 Å². The van der Waals surface area contributed by atoms with Gasteiger partial charge < -0.3 is 15.5 Å². The van der Waals surface area contributed by atoms with Crippen LogP contribution in [0.25, 0.3) is 0 Å². The highest BCUT2D eigenvalue weighted by molar-refractivity contribution is 5.98. The predicted octanol–water partition coefficient (Wildman–Crippen LogP) is 3.21. The fourth-order valence-electron chi connectivity index (χ4n) is 5.21. The molecule has 6 heteroatoms. The summed E-state index contributed by atoms with van der Waals surface area (Å²) in [5.74, 6) is 1.64. The smallest absolute Gasteiger partial charge is 0.256 e. The summed E-state index contributed by atoms with van der Waals surface area (Å²) in [5, 5.41) is 11.4. The number of hydrogen-bond acceptors (Lipinski definition) is 4. The molecule has 1 aromatic rings. The van der Waals surface area contributed by atoms with Gasteiger partial charge in [-0.1, -0.05) is 19.3 Å². The van der Waals surface area contributed by atoms with E-state index in [9.17, 15) is 4.79 Å². The van der Waals surface area contributed by atoms with Crippen LogP contribution in [-0.4, -0.2) is 52.8 Å². The summed E-state index contributed by atoms with van der Waals surface area (Å²) in [6.07, 6.45) is 12.0. The van der Waals surface area contributed by atoms with E-state index in [-0.39, 0.29) is 11.4 Å². The third-order valence-electron chi connectivity index (χ3n) is 6.76. The average Bonchev–Trinajstić information content (AvgIpc) is 3.32. The van der Waals surface area contributed by atoms with Gasteiger partial charge in [-0.15, -0.1) is 0 Å². The molecular weight excluding hydrogens is 338 g/mol. The van der Waals surface area contributed by atoms with E-state index >= 15 is 0 Å². The molecule has 4 rings (SSSR count). The molecule has 2 fully saturated rings. The highest BCUT2D eigenvalue weighted by Gasteiger charge is 2.39. The van der Waals surface area contributed by atoms with Crippen molar-refractivity contribution >= 4 is 11.7 Å². The molecule has 27 heavy (non-hydrogen) atoms. The number of carbonyl (C=O) groups excluding carboxylic acids is 1. The fraction of sp³-hybridized carbons (Fsp3) is 0.810. The van der Waals surface area contributed by atoms with Crippen molar-refractivity contribution in [2.45, 2.75) is 76.8 Å². The Hall–Kier alpha value is -1.56. The third kappa shape index (κ3) is 4.00. The van der Waals surface area contributed by atoms with Gasteiger partial charge in [-0.2, -0.15) is 5.10 Å². The van der Waals surface area contributed by atoms with E-state index in [0.717, 1.165) is 31.9 Å². The first kappa shape index (κ1) is 18.8. The zero-order valence-electron chi connectivity index (χ0n) is 17.0. The van der Waals surface area contributed by atoms with E-state index in [0.29, 0.717) is 24.1 Å². The Morgan fingerprint density at radius 1 is 1.22 bits per heavy atom. The molecule has 2 N–H and O–H groups in total. The van der Waals surface area contributed by atoms with Crippen LogP contribution in [0.5, 0.6) is 0 Å². The molecule has 2 aliphatic heterocycles. The third-order valence-corrected chi connectivity index (χ3v) is 6.76. The van der Waals surface area contributed by atoms with Gasteiger partial charge in [-0.3, -0.25) is 4.79 Å². The molecule has 1 saturated heterocycles. The average molecular weight is 374 g/mol. The van der Waals surface area contributed by atoms with Crippen molar-refractivity contribution < 1.29 is 4.79 Å². The zero-order valence-corrected chi connectivity index (χ0v) is 17.0. The van der Waals surface area contributed by atoms with E-state index in [1.54, 1.807) is 6.20 Å². The number of rotatable bonds is 5. The lowest BCUT2D eigenvalue weighted by Gasteiger charge is -2.42. The number of nitrogens with one attached hydrogen (secondary N) is 2. The molecule has 0 aromatic carbocycles. The molecule has 0 radical (unpaired) electrons. The van der Waals surface area contributed by atoms with Gasteiger partial charge in [-0.05, 0) is 65.0 Å². The minimum atomic E-state index is -0.0588. The Balaban J connectivity index is 1.44. The second kappa shape index (κ2) is 7.82. The van der Waals surface area contributed by atoms with Crippen molar-refractivity contribution in [3.05, 3.63) is 11.8 Å². The number of aromatic nitrogens is 2. The van der Waals surface area contributed by atoms with Crippen molar-refractivity contribution in [3.8, 4) is 0 Å². The second-order valence-corrected chi connectivity index (χ2v) is 9.29. The first-order valence-corrected chi connectivity index (χ1v) is 10.9. The predicted molar refractivity (Wildman–Crippen MR) is 108 cm³/mol. The topological polar surface area (TPSA) is 62.2 Å². The summed E-state index contributed by atoms with van der Waals surface area (Å²) in [7, 11) is 0. The number of carbonyl (C=O) groups is 1. The number of amides is 1. The molecule has 150 valence electrons. The van der Waals surface area contributed by atoms with Gasteiger partial charge >= 0.3 is 0 Å². The normalized spacial score (nSPS) is 25.8. The van der Waals surface area contributed by atoms with E-state index in [2.05, 4.69) is 34.5 Å². The zero-order chi connectivity index (χ0) is 18.9. The van der Waals surface area contributed by atoms with Crippen molar-refractivity contribution in [2.75, 3.05) is 31.5 Å². The van der Waals surface area contributed by atoms with Gasteiger partial charge in [0.15, 0.2) is 0 Å². The lowest BCUT2D eigenvalue weighted by Crippen LogP contribution is -2.46. The quantitative estimate of drug-likeness (QED) is 0.832. The summed E-state index contributed by atoms with van der Waals surface area (Å²) < 4.78 is 2.03. The van der Waals surface area contributed by atoms with Crippen LogP contribution in [0.1, 0.15) is 75.6 Å². The van der Waals surface area contributed by atoms with Crippen LogP contribution in [-0.2, 0) is 5.54 Å². The van der Waals surface area contributed by atoms with Crippen LogP contribution in [0.3, 0.4) is 0 Å². The number of nitrogens with zero attached hydrogens (tertiary/aromatic N) is 3. The Labute approximate surface area is 163 Å². The molecule has 3 heterocycles. The van der Waals surface area contributed by atoms with Crippen LogP contribution < -0.4 is 10.6 Å². The number of fused-ring (bicyclic) bond motifs is 1. The standard InChI is InChI=1S/C21H35N5O/c1-21(2)14-18(16-8-4-3-5-9-16)24-19-17(15-23-26(19)21)20(27)22-10-13-25-11-6-7-12-25/h15-16,18,24H,3-14H2,1-2H3,(H,22,27). The fourth-order valence-corrected chi connectivity index (χ4v) is 5.21. The first-order chi connectivity index (χ1) is 13.0. The van der Waals surface area contributed by atoms with Crippen molar-refractivity contribution in [3.63, 3.8) is 0 Å². The van der Waals surface area contributed by atoms with Crippen LogP contribution in [0, 0.1) is 5.92 Å². The Kier molecular flexibility index (Phi) is 5.44. The number of anilines is 1. The molecule has 1 atom stereocenters. The molecular formula is C21H35N5O. The van der Waals surface area contributed by atoms with E-state index in [1.807, 2.05) is 4.68 Å². The molecule has 6 nitrogen and oxygen atoms in total. The second-order valence-electron chi connectivity index (χ2n) is 9.29. The minimum Gasteiger partial charge on any atom is -0.366 e. The maximum absolute atomic E-state index is 12.8. The van der Waals surface area contributed by atoms with Crippen molar-refractivity contribution in [1.82, 2.24) is 20.0 Å². The minimum absolute atomic E-state index is 0.00282. The molecule has 1 aliphatic carbocycles. The molecule has 1 unspecified atom stereocenters. The summed E-state index contributed by atoms with van der Waals surface area (Å²) in [5.41, 5.74) is 0.640. The van der Waals surface area contributed by atoms with E-state index in [4.69, 9.17) is 0 Å². The largest absolute Gasteiger partial charge is 0.366 e. The van der Waals surface area contributed by atoms with Crippen LogP contribution in [0.15, 0.2) is 6.20 Å². The van der Waals surface area contributed by atoms with Crippen LogP contribution in [0.4, 0.5) is 5.82 Å². The first-order valence-electron chi connectivity index (χ1n) is 10.9. The lowest BCUT2D eigenvalue weighted by atomic mass is 9.78. The Morgan fingerprint density at radius 2 is 1.96 bits per heavy atom. The lowest BCUT2D eigenvalue weighted by molar-refractivity contribution is 0.0950. The summed E-state index contributed by atoms with van der Waals surface area (Å²) in [6, 6.07) is 0.445. The van der Waals surface area contributed by atoms with Gasteiger partial charge in [0, 0.05) is 19.1 Å². The molecule has 1 aromatic heterocycles. The van der Waals surface area contributed by atoms with Gasteiger partial charge in [0.2, 0.25) is 0 Å². The molecule has 1 amide bonds. The Bertz CT molecular complexity index is 656. The maximum Gasteiger partial charge on any atom is 0.256 e. The highest BCUT2D eigenvalue weighted by atomic mass is 16.1. The summed E-state index contributed by atoms with van der Waals surface area (Å²) in [6.45, 7) is 8.47. The van der Waals surface area contributed by atoms with Crippen LogP contribution in [0.2, 0.25) is 0 Å². The van der Waals surface area contributed by atoms with Crippen molar-refractivity contribution in [2.24, 2.45) is 5.92 Å². The van der Waals surface area contributed by atoms with E-state index < -0.39 is 0 Å². The van der Waals surface area contributed by atoms with Crippen LogP contribution >= 0.6 is 0 Å². The molecule has 1 saturated carbocycles. The number of likely N-dealkylation sites (tertiary alicyclic amines) is 1. The monoisotopic (exact) mass is 373 g/mol. The van der Waals surface area contributed by atoms with E-state index in [1.165, 1.54) is 44.9 Å². The molecule has 0 bridgehead atoms.